The number of aryl methyl sites for hydroxylation is 1. The van der Waals surface area contributed by atoms with Gasteiger partial charge in [0.15, 0.2) is 11.5 Å². The van der Waals surface area contributed by atoms with Gasteiger partial charge in [0.2, 0.25) is 0 Å². The van der Waals surface area contributed by atoms with Gasteiger partial charge >= 0.3 is 6.03 Å². The summed E-state index contributed by atoms with van der Waals surface area (Å²) in [5.74, 6) is 1.15. The second-order valence-electron chi connectivity index (χ2n) is 6.67. The number of urea groups is 1. The SMILES string of the molecule is COc1ccc(NC(=O)Nc2ccc(-c3nc4ccccc4s3)cc2C)cc1OC. The van der Waals surface area contributed by atoms with Gasteiger partial charge in [0.25, 0.3) is 0 Å². The second-order valence-corrected chi connectivity index (χ2v) is 7.70. The van der Waals surface area contributed by atoms with Crippen molar-refractivity contribution in [3.63, 3.8) is 0 Å². The lowest BCUT2D eigenvalue weighted by Crippen LogP contribution is -2.20. The number of para-hydroxylation sites is 1. The Morgan fingerprint density at radius 3 is 2.47 bits per heavy atom. The van der Waals surface area contributed by atoms with Crippen molar-refractivity contribution in [2.45, 2.75) is 6.92 Å². The smallest absolute Gasteiger partial charge is 0.323 e. The number of ether oxygens (including phenoxy) is 2. The Balaban J connectivity index is 1.49. The number of amides is 2. The van der Waals surface area contributed by atoms with Crippen LogP contribution in [0.2, 0.25) is 0 Å². The van der Waals surface area contributed by atoms with Gasteiger partial charge < -0.3 is 20.1 Å². The molecule has 1 aromatic heterocycles. The summed E-state index contributed by atoms with van der Waals surface area (Å²) in [6, 6.07) is 18.8. The zero-order chi connectivity index (χ0) is 21.1. The lowest BCUT2D eigenvalue weighted by molar-refractivity contribution is 0.262. The van der Waals surface area contributed by atoms with Crippen LogP contribution in [0.15, 0.2) is 60.7 Å². The molecule has 0 aliphatic carbocycles. The van der Waals surface area contributed by atoms with Crippen LogP contribution in [0, 0.1) is 6.92 Å². The van der Waals surface area contributed by atoms with Gasteiger partial charge in [-0.25, -0.2) is 9.78 Å². The first-order chi connectivity index (χ1) is 14.6. The number of fused-ring (bicyclic) bond motifs is 1. The predicted octanol–water partition coefficient (Wildman–Crippen LogP) is 5.93. The van der Waals surface area contributed by atoms with Crippen LogP contribution in [0.3, 0.4) is 0 Å². The molecule has 0 aliphatic rings. The van der Waals surface area contributed by atoms with Gasteiger partial charge in [-0.2, -0.15) is 0 Å². The van der Waals surface area contributed by atoms with E-state index in [1.54, 1.807) is 43.8 Å². The predicted molar refractivity (Wildman–Crippen MR) is 122 cm³/mol. The van der Waals surface area contributed by atoms with Gasteiger partial charge in [-0.1, -0.05) is 12.1 Å². The molecule has 0 atom stereocenters. The van der Waals surface area contributed by atoms with E-state index >= 15 is 0 Å². The number of aromatic nitrogens is 1. The van der Waals surface area contributed by atoms with E-state index in [9.17, 15) is 4.79 Å². The maximum atomic E-state index is 12.5. The molecule has 152 valence electrons. The summed E-state index contributed by atoms with van der Waals surface area (Å²) in [4.78, 5) is 17.2. The lowest BCUT2D eigenvalue weighted by Gasteiger charge is -2.13. The van der Waals surface area contributed by atoms with Gasteiger partial charge in [-0.15, -0.1) is 11.3 Å². The van der Waals surface area contributed by atoms with Crippen molar-refractivity contribution in [2.24, 2.45) is 0 Å². The van der Waals surface area contributed by atoms with E-state index in [1.165, 1.54) is 0 Å². The minimum atomic E-state index is -0.335. The number of nitrogens with zero attached hydrogens (tertiary/aromatic N) is 1. The van der Waals surface area contributed by atoms with Crippen LogP contribution >= 0.6 is 11.3 Å². The fraction of sp³-hybridized carbons (Fsp3) is 0.130. The van der Waals surface area contributed by atoms with E-state index in [-0.39, 0.29) is 6.03 Å². The van der Waals surface area contributed by atoms with E-state index in [0.29, 0.717) is 17.2 Å². The molecule has 2 amide bonds. The largest absolute Gasteiger partial charge is 0.493 e. The molecule has 0 saturated heterocycles. The number of nitrogens with one attached hydrogen (secondary N) is 2. The molecule has 7 heteroatoms. The first-order valence-corrected chi connectivity index (χ1v) is 10.2. The summed E-state index contributed by atoms with van der Waals surface area (Å²) >= 11 is 1.65. The molecule has 4 rings (SSSR count). The minimum Gasteiger partial charge on any atom is -0.493 e. The van der Waals surface area contributed by atoms with Gasteiger partial charge in [-0.05, 0) is 55.0 Å². The molecule has 0 bridgehead atoms. The van der Waals surface area contributed by atoms with Crippen LogP contribution in [0.25, 0.3) is 20.8 Å². The number of methoxy groups -OCH3 is 2. The molecule has 0 spiro atoms. The summed E-state index contributed by atoms with van der Waals surface area (Å²) in [6.45, 7) is 1.96. The van der Waals surface area contributed by atoms with Gasteiger partial charge in [0.1, 0.15) is 5.01 Å². The quantitative estimate of drug-likeness (QED) is 0.420. The normalized spacial score (nSPS) is 10.6. The number of anilines is 2. The summed E-state index contributed by atoms with van der Waals surface area (Å²) < 4.78 is 11.6. The molecule has 30 heavy (non-hydrogen) atoms. The Morgan fingerprint density at radius 1 is 0.933 bits per heavy atom. The highest BCUT2D eigenvalue weighted by Crippen LogP contribution is 2.32. The van der Waals surface area contributed by atoms with E-state index in [4.69, 9.17) is 14.5 Å². The van der Waals surface area contributed by atoms with Crippen molar-refractivity contribution in [2.75, 3.05) is 24.9 Å². The van der Waals surface area contributed by atoms with E-state index in [0.717, 1.165) is 32.0 Å². The van der Waals surface area contributed by atoms with Crippen molar-refractivity contribution in [3.8, 4) is 22.1 Å². The molecule has 0 fully saturated rings. The standard InChI is InChI=1S/C23H21N3O3S/c1-14-12-15(22-25-18-6-4-5-7-21(18)30-22)8-10-17(14)26-23(27)24-16-9-11-19(28-2)20(13-16)29-3/h4-13H,1-3H3,(H2,24,26,27). The number of hydrogen-bond acceptors (Lipinski definition) is 5. The number of rotatable bonds is 5. The molecule has 6 nitrogen and oxygen atoms in total. The van der Waals surface area contributed by atoms with Crippen LogP contribution in [-0.4, -0.2) is 25.2 Å². The maximum Gasteiger partial charge on any atom is 0.323 e. The summed E-state index contributed by atoms with van der Waals surface area (Å²) in [5.41, 5.74) is 4.31. The number of thiazole rings is 1. The monoisotopic (exact) mass is 419 g/mol. The highest BCUT2D eigenvalue weighted by molar-refractivity contribution is 7.21. The Hall–Kier alpha value is -3.58. The molecular formula is C23H21N3O3S. The van der Waals surface area contributed by atoms with Crippen LogP contribution in [0.4, 0.5) is 16.2 Å². The zero-order valence-corrected chi connectivity index (χ0v) is 17.7. The van der Waals surface area contributed by atoms with Crippen LogP contribution in [-0.2, 0) is 0 Å². The molecule has 0 saturated carbocycles. The first-order valence-electron chi connectivity index (χ1n) is 9.34. The lowest BCUT2D eigenvalue weighted by atomic mass is 10.1. The molecular weight excluding hydrogens is 398 g/mol. The maximum absolute atomic E-state index is 12.5. The van der Waals surface area contributed by atoms with Gasteiger partial charge in [0.05, 0.1) is 24.4 Å². The van der Waals surface area contributed by atoms with E-state index in [1.807, 2.05) is 43.3 Å². The average molecular weight is 420 g/mol. The number of carbonyl (C=O) groups excluding carboxylic acids is 1. The molecule has 1 heterocycles. The third-order valence-electron chi connectivity index (χ3n) is 4.66. The van der Waals surface area contributed by atoms with Crippen molar-refractivity contribution < 1.29 is 14.3 Å². The van der Waals surface area contributed by atoms with Gasteiger partial charge in [-0.3, -0.25) is 0 Å². The molecule has 0 radical (unpaired) electrons. The van der Waals surface area contributed by atoms with Crippen LogP contribution in [0.1, 0.15) is 5.56 Å². The summed E-state index contributed by atoms with van der Waals surface area (Å²) in [7, 11) is 3.12. The Labute approximate surface area is 178 Å². The van der Waals surface area contributed by atoms with Crippen LogP contribution in [0.5, 0.6) is 11.5 Å². The second kappa shape index (κ2) is 8.42. The Bertz CT molecular complexity index is 1190. The first kappa shape index (κ1) is 19.7. The van der Waals surface area contributed by atoms with Crippen molar-refractivity contribution in [1.29, 1.82) is 0 Å². The van der Waals surface area contributed by atoms with Gasteiger partial charge in [0, 0.05) is 23.0 Å². The highest BCUT2D eigenvalue weighted by atomic mass is 32.1. The minimum absolute atomic E-state index is 0.335. The fourth-order valence-electron chi connectivity index (χ4n) is 3.13. The third kappa shape index (κ3) is 4.06. The topological polar surface area (TPSA) is 72.5 Å². The van der Waals surface area contributed by atoms with Crippen molar-refractivity contribution in [1.82, 2.24) is 4.98 Å². The highest BCUT2D eigenvalue weighted by Gasteiger charge is 2.11. The number of carbonyl (C=O) groups is 1. The molecule has 2 N–H and O–H groups in total. The summed E-state index contributed by atoms with van der Waals surface area (Å²) in [6.07, 6.45) is 0. The molecule has 3 aromatic carbocycles. The fourth-order valence-corrected chi connectivity index (χ4v) is 4.09. The molecule has 0 aliphatic heterocycles. The number of benzene rings is 3. The third-order valence-corrected chi connectivity index (χ3v) is 5.74. The zero-order valence-electron chi connectivity index (χ0n) is 16.9. The van der Waals surface area contributed by atoms with Crippen LogP contribution < -0.4 is 20.1 Å². The van der Waals surface area contributed by atoms with Crippen molar-refractivity contribution in [3.05, 3.63) is 66.2 Å². The van der Waals surface area contributed by atoms with E-state index in [2.05, 4.69) is 16.7 Å². The average Bonchev–Trinajstić information content (AvgIpc) is 3.19. The number of hydrogen-bond donors (Lipinski definition) is 2. The summed E-state index contributed by atoms with van der Waals surface area (Å²) in [5, 5.41) is 6.66. The molecule has 0 unspecified atom stereocenters. The van der Waals surface area contributed by atoms with E-state index < -0.39 is 0 Å². The Kier molecular flexibility index (Phi) is 5.54. The molecule has 4 aromatic rings. The Morgan fingerprint density at radius 2 is 1.73 bits per heavy atom. The van der Waals surface area contributed by atoms with Crippen molar-refractivity contribution >= 4 is 39.0 Å².